The summed E-state index contributed by atoms with van der Waals surface area (Å²) >= 11 is 11.8. The number of benzene rings is 1. The molecule has 0 bridgehead atoms. The van der Waals surface area contributed by atoms with Gasteiger partial charge >= 0.3 is 0 Å². The van der Waals surface area contributed by atoms with Gasteiger partial charge in [0.05, 0.1) is 23.3 Å². The third-order valence-electron chi connectivity index (χ3n) is 3.41. The van der Waals surface area contributed by atoms with Crippen molar-refractivity contribution in [2.45, 2.75) is 25.2 Å². The summed E-state index contributed by atoms with van der Waals surface area (Å²) in [4.78, 5) is 14.1. The minimum Gasteiger partial charge on any atom is -0.389 e. The molecule has 3 atom stereocenters. The molecule has 1 heterocycles. The molecule has 0 amide bonds. The summed E-state index contributed by atoms with van der Waals surface area (Å²) < 4.78 is 0. The summed E-state index contributed by atoms with van der Waals surface area (Å²) in [6.45, 7) is 2.29. The van der Waals surface area contributed by atoms with Crippen molar-refractivity contribution in [2.75, 3.05) is 13.1 Å². The Hall–Kier alpha value is -0.650. The van der Waals surface area contributed by atoms with Gasteiger partial charge in [-0.25, -0.2) is 0 Å². The molecule has 6 heteroatoms. The predicted molar refractivity (Wildman–Crippen MR) is 73.8 cm³/mol. The van der Waals surface area contributed by atoms with E-state index in [0.717, 1.165) is 0 Å². The lowest BCUT2D eigenvalue weighted by molar-refractivity contribution is 0.0572. The third kappa shape index (κ3) is 3.09. The van der Waals surface area contributed by atoms with Crippen LogP contribution in [-0.4, -0.2) is 52.2 Å². The normalized spacial score (nSPS) is 25.5. The molecule has 4 nitrogen and oxygen atoms in total. The number of ketones is 1. The smallest absolute Gasteiger partial charge is 0.181 e. The topological polar surface area (TPSA) is 60.8 Å². The highest BCUT2D eigenvalue weighted by atomic mass is 35.5. The Morgan fingerprint density at radius 1 is 1.32 bits per heavy atom. The number of aliphatic hydroxyl groups excluding tert-OH is 2. The third-order valence-corrected chi connectivity index (χ3v) is 3.96. The van der Waals surface area contributed by atoms with E-state index in [1.165, 1.54) is 6.07 Å². The summed E-state index contributed by atoms with van der Waals surface area (Å²) in [6, 6.07) is 4.27. The minimum atomic E-state index is -0.809. The largest absolute Gasteiger partial charge is 0.389 e. The summed E-state index contributed by atoms with van der Waals surface area (Å²) in [5.74, 6) is -0.150. The molecule has 1 aliphatic heterocycles. The second-order valence-electron chi connectivity index (χ2n) is 4.75. The lowest BCUT2D eigenvalue weighted by Crippen LogP contribution is -2.38. The summed E-state index contributed by atoms with van der Waals surface area (Å²) in [5, 5.41) is 19.8. The van der Waals surface area contributed by atoms with E-state index >= 15 is 0 Å². The molecular weight excluding hydrogens is 289 g/mol. The van der Waals surface area contributed by atoms with Crippen molar-refractivity contribution in [1.29, 1.82) is 0 Å². The van der Waals surface area contributed by atoms with E-state index in [4.69, 9.17) is 23.2 Å². The van der Waals surface area contributed by atoms with Crippen LogP contribution in [0.1, 0.15) is 17.3 Å². The van der Waals surface area contributed by atoms with Crippen LogP contribution in [0.25, 0.3) is 0 Å². The van der Waals surface area contributed by atoms with Gasteiger partial charge in [0, 0.05) is 23.7 Å². The van der Waals surface area contributed by atoms with E-state index in [0.29, 0.717) is 15.6 Å². The lowest BCUT2D eigenvalue weighted by Gasteiger charge is -2.22. The number of halogens is 2. The number of carbonyl (C=O) groups is 1. The van der Waals surface area contributed by atoms with Gasteiger partial charge in [-0.2, -0.15) is 0 Å². The summed E-state index contributed by atoms with van der Waals surface area (Å²) in [5.41, 5.74) is 0.398. The Kier molecular flexibility index (Phi) is 4.48. The highest BCUT2D eigenvalue weighted by Gasteiger charge is 2.35. The molecule has 2 N–H and O–H groups in total. The van der Waals surface area contributed by atoms with Crippen molar-refractivity contribution in [3.63, 3.8) is 0 Å². The van der Waals surface area contributed by atoms with Crippen LogP contribution in [0.2, 0.25) is 10.0 Å². The standard InChI is InChI=1S/C13H15Cl2NO3/c1-7(16-5-11(17)12(18)6-16)13(19)9-3-2-8(14)4-10(9)15/h2-4,7,11-12,17-18H,5-6H2,1H3. The second kappa shape index (κ2) is 5.77. The fourth-order valence-corrected chi connectivity index (χ4v) is 2.70. The van der Waals surface area contributed by atoms with Crippen LogP contribution < -0.4 is 0 Å². The molecule has 0 spiro atoms. The zero-order chi connectivity index (χ0) is 14.2. The minimum absolute atomic E-state index is 0.150. The van der Waals surface area contributed by atoms with Crippen LogP contribution in [-0.2, 0) is 0 Å². The van der Waals surface area contributed by atoms with E-state index < -0.39 is 18.2 Å². The van der Waals surface area contributed by atoms with Crippen LogP contribution in [0.3, 0.4) is 0 Å². The molecule has 1 fully saturated rings. The molecule has 2 rings (SSSR count). The van der Waals surface area contributed by atoms with Gasteiger partial charge in [0.2, 0.25) is 0 Å². The molecule has 104 valence electrons. The van der Waals surface area contributed by atoms with Gasteiger partial charge in [0.25, 0.3) is 0 Å². The van der Waals surface area contributed by atoms with Crippen LogP contribution in [0.5, 0.6) is 0 Å². The molecule has 19 heavy (non-hydrogen) atoms. The first-order valence-electron chi connectivity index (χ1n) is 5.99. The van der Waals surface area contributed by atoms with Gasteiger partial charge in [-0.05, 0) is 25.1 Å². The fraction of sp³-hybridized carbons (Fsp3) is 0.462. The Bertz CT molecular complexity index is 485. The van der Waals surface area contributed by atoms with Gasteiger partial charge in [-0.15, -0.1) is 0 Å². The molecule has 1 aromatic carbocycles. The number of aliphatic hydroxyl groups is 2. The number of Topliss-reactive ketones (excluding diaryl/α,β-unsaturated/α-hetero) is 1. The molecule has 0 saturated carbocycles. The predicted octanol–water partition coefficient (Wildman–Crippen LogP) is 1.60. The van der Waals surface area contributed by atoms with Gasteiger partial charge < -0.3 is 10.2 Å². The van der Waals surface area contributed by atoms with E-state index in [1.807, 2.05) is 0 Å². The molecule has 0 aromatic heterocycles. The molecule has 3 unspecified atom stereocenters. The zero-order valence-electron chi connectivity index (χ0n) is 10.4. The summed E-state index contributed by atoms with van der Waals surface area (Å²) in [7, 11) is 0. The Balaban J connectivity index is 2.15. The van der Waals surface area contributed by atoms with Crippen molar-refractivity contribution in [1.82, 2.24) is 4.90 Å². The summed E-state index contributed by atoms with van der Waals surface area (Å²) in [6.07, 6.45) is -1.62. The average Bonchev–Trinajstić information content (AvgIpc) is 2.68. The van der Waals surface area contributed by atoms with Crippen LogP contribution in [0.4, 0.5) is 0 Å². The van der Waals surface area contributed by atoms with Gasteiger partial charge in [0.1, 0.15) is 0 Å². The Morgan fingerprint density at radius 2 is 1.89 bits per heavy atom. The number of likely N-dealkylation sites (tertiary alicyclic amines) is 1. The highest BCUT2D eigenvalue weighted by Crippen LogP contribution is 2.24. The maximum absolute atomic E-state index is 12.3. The number of carbonyl (C=O) groups excluding carboxylic acids is 1. The maximum atomic E-state index is 12.3. The Labute approximate surface area is 121 Å². The van der Waals surface area contributed by atoms with Crippen LogP contribution >= 0.6 is 23.2 Å². The highest BCUT2D eigenvalue weighted by molar-refractivity contribution is 6.37. The van der Waals surface area contributed by atoms with Crippen molar-refractivity contribution in [3.8, 4) is 0 Å². The van der Waals surface area contributed by atoms with E-state index in [-0.39, 0.29) is 18.9 Å². The molecule has 1 aromatic rings. The van der Waals surface area contributed by atoms with Crippen LogP contribution in [0.15, 0.2) is 18.2 Å². The SMILES string of the molecule is CC(C(=O)c1ccc(Cl)cc1Cl)N1CC(O)C(O)C1. The molecule has 1 saturated heterocycles. The van der Waals surface area contributed by atoms with E-state index in [9.17, 15) is 15.0 Å². The number of rotatable bonds is 3. The Morgan fingerprint density at radius 3 is 2.42 bits per heavy atom. The van der Waals surface area contributed by atoms with Crippen molar-refractivity contribution in [2.24, 2.45) is 0 Å². The second-order valence-corrected chi connectivity index (χ2v) is 5.60. The maximum Gasteiger partial charge on any atom is 0.181 e. The zero-order valence-corrected chi connectivity index (χ0v) is 11.9. The first kappa shape index (κ1) is 14.8. The van der Waals surface area contributed by atoms with Gasteiger partial charge in [-0.1, -0.05) is 23.2 Å². The van der Waals surface area contributed by atoms with Crippen molar-refractivity contribution in [3.05, 3.63) is 33.8 Å². The fourth-order valence-electron chi connectivity index (χ4n) is 2.19. The van der Waals surface area contributed by atoms with E-state index in [2.05, 4.69) is 0 Å². The number of hydrogen-bond donors (Lipinski definition) is 2. The lowest BCUT2D eigenvalue weighted by atomic mass is 10.0. The van der Waals surface area contributed by atoms with Crippen LogP contribution in [0, 0.1) is 0 Å². The van der Waals surface area contributed by atoms with Gasteiger partial charge in [0.15, 0.2) is 5.78 Å². The monoisotopic (exact) mass is 303 g/mol. The quantitative estimate of drug-likeness (QED) is 0.833. The van der Waals surface area contributed by atoms with Gasteiger partial charge in [-0.3, -0.25) is 9.69 Å². The number of β-amino-alcohol motifs (C(OH)–C–C–N with tert-alkyl or cyclic N) is 2. The molecule has 0 radical (unpaired) electrons. The molecule has 0 aliphatic carbocycles. The first-order chi connectivity index (χ1) is 8.90. The molecule has 1 aliphatic rings. The van der Waals surface area contributed by atoms with E-state index in [1.54, 1.807) is 24.0 Å². The first-order valence-corrected chi connectivity index (χ1v) is 6.75. The number of hydrogen-bond acceptors (Lipinski definition) is 4. The van der Waals surface area contributed by atoms with Crippen molar-refractivity contribution >= 4 is 29.0 Å². The molecular formula is C13H15Cl2NO3. The van der Waals surface area contributed by atoms with Crippen molar-refractivity contribution < 1.29 is 15.0 Å². The number of nitrogens with zero attached hydrogens (tertiary/aromatic N) is 1. The average molecular weight is 304 g/mol.